The molecule has 0 saturated carbocycles. The fourth-order valence-corrected chi connectivity index (χ4v) is 5.29. The van der Waals surface area contributed by atoms with E-state index in [-0.39, 0.29) is 34.3 Å². The molecule has 1 N–H and O–H groups in total. The van der Waals surface area contributed by atoms with Gasteiger partial charge < -0.3 is 14.7 Å². The van der Waals surface area contributed by atoms with Crippen LogP contribution in [-0.2, 0) is 35.3 Å². The maximum Gasteiger partial charge on any atom is 0.435 e. The van der Waals surface area contributed by atoms with E-state index in [9.17, 15) is 36.4 Å². The molecule has 3 aromatic rings. The standard InChI is InChI=1S/C29H33F3N6O8S/c1-18(2)27(39)44-20(4)46-35-38(41)36-15-5-6-23(17-36)45-28(40)34-47(42,43)24-13-11-22(12-14-24)37-25(16-26(33-37)29(30,31)32)21-9-7-19(3)8-10-21/h7-14,16,18,20,23H,5-6,15,17H2,1-4H3,(H,34,40)/b38-35-. The van der Waals surface area contributed by atoms with Crippen LogP contribution in [0.2, 0.25) is 0 Å². The lowest BCUT2D eigenvalue weighted by molar-refractivity contribution is -0.716. The molecule has 0 radical (unpaired) electrons. The van der Waals surface area contributed by atoms with Crippen LogP contribution in [0.4, 0.5) is 18.0 Å². The van der Waals surface area contributed by atoms with Gasteiger partial charge in [-0.05, 0) is 50.1 Å². The number of aromatic nitrogens is 2. The Labute approximate surface area is 268 Å². The smallest absolute Gasteiger partial charge is 0.435 e. The van der Waals surface area contributed by atoms with Crippen LogP contribution in [0.15, 0.2) is 64.8 Å². The van der Waals surface area contributed by atoms with Crippen molar-refractivity contribution in [1.82, 2.24) is 19.5 Å². The fourth-order valence-electron chi connectivity index (χ4n) is 4.41. The minimum atomic E-state index is -4.72. The first-order valence-electron chi connectivity index (χ1n) is 14.4. The van der Waals surface area contributed by atoms with Crippen molar-refractivity contribution in [2.24, 2.45) is 11.2 Å². The number of aryl methyl sites for hydroxylation is 1. The number of halogens is 3. The summed E-state index contributed by atoms with van der Waals surface area (Å²) in [5, 5.41) is 20.6. The molecule has 2 atom stereocenters. The van der Waals surface area contributed by atoms with Gasteiger partial charge >= 0.3 is 18.2 Å². The molecule has 18 heteroatoms. The van der Waals surface area contributed by atoms with Gasteiger partial charge in [0, 0.05) is 12.5 Å². The van der Waals surface area contributed by atoms with Gasteiger partial charge in [0.05, 0.1) is 33.7 Å². The van der Waals surface area contributed by atoms with Crippen molar-refractivity contribution >= 4 is 22.1 Å². The molecule has 4 rings (SSSR count). The third kappa shape index (κ3) is 9.11. The van der Waals surface area contributed by atoms with Gasteiger partial charge in [-0.2, -0.15) is 18.3 Å². The molecule has 0 bridgehead atoms. The SMILES string of the molecule is Cc1ccc(-c2cc(C(F)(F)F)nn2-c2ccc(S(=O)(=O)NC(=O)OC3CCCN(/[N+]([O-])=N/OC(C)OC(=O)C(C)C)C3)cc2)cc1. The van der Waals surface area contributed by atoms with Crippen LogP contribution in [0.1, 0.15) is 44.9 Å². The predicted octanol–water partition coefficient (Wildman–Crippen LogP) is 5.10. The normalized spacial score (nSPS) is 16.5. The Balaban J connectivity index is 1.40. The average molecular weight is 683 g/mol. The summed E-state index contributed by atoms with van der Waals surface area (Å²) >= 11 is 0. The summed E-state index contributed by atoms with van der Waals surface area (Å²) in [6.45, 7) is 6.56. The number of sulfonamides is 1. The van der Waals surface area contributed by atoms with Crippen molar-refractivity contribution in [2.75, 3.05) is 13.1 Å². The van der Waals surface area contributed by atoms with E-state index in [2.05, 4.69) is 10.4 Å². The summed E-state index contributed by atoms with van der Waals surface area (Å²) < 4.78 is 79.4. The number of hydrogen-bond acceptors (Lipinski definition) is 10. The molecule has 2 heterocycles. The van der Waals surface area contributed by atoms with Gasteiger partial charge in [0.2, 0.25) is 5.28 Å². The molecule has 14 nitrogen and oxygen atoms in total. The number of nitrogens with one attached hydrogen (secondary N) is 1. The van der Waals surface area contributed by atoms with Gasteiger partial charge in [-0.1, -0.05) is 43.7 Å². The summed E-state index contributed by atoms with van der Waals surface area (Å²) in [4.78, 5) is 28.8. The number of alkyl halides is 3. The van der Waals surface area contributed by atoms with Crippen LogP contribution in [0, 0.1) is 18.0 Å². The van der Waals surface area contributed by atoms with Crippen LogP contribution in [0.5, 0.6) is 0 Å². The molecule has 1 saturated heterocycles. The number of amides is 1. The number of piperidine rings is 1. The molecule has 0 spiro atoms. The number of hydrazine groups is 1. The zero-order chi connectivity index (χ0) is 34.5. The number of ether oxygens (including phenoxy) is 2. The topological polar surface area (TPSA) is 167 Å². The average Bonchev–Trinajstić information content (AvgIpc) is 3.46. The number of rotatable bonds is 10. The second kappa shape index (κ2) is 14.3. The highest BCUT2D eigenvalue weighted by Crippen LogP contribution is 2.33. The lowest BCUT2D eigenvalue weighted by Gasteiger charge is -2.28. The number of carbonyl (C=O) groups is 2. The zero-order valence-corrected chi connectivity index (χ0v) is 26.6. The molecule has 0 aliphatic carbocycles. The number of nitrogens with zero attached hydrogens (tertiary/aromatic N) is 5. The van der Waals surface area contributed by atoms with Gasteiger partial charge in [0.25, 0.3) is 16.3 Å². The van der Waals surface area contributed by atoms with E-state index in [0.717, 1.165) is 33.5 Å². The third-order valence-electron chi connectivity index (χ3n) is 6.85. The third-order valence-corrected chi connectivity index (χ3v) is 8.18. The molecular formula is C29H33F3N6O8S. The molecule has 2 aromatic carbocycles. The van der Waals surface area contributed by atoms with E-state index in [1.807, 2.05) is 6.92 Å². The van der Waals surface area contributed by atoms with Crippen LogP contribution < -0.4 is 4.72 Å². The van der Waals surface area contributed by atoms with E-state index in [1.54, 1.807) is 42.8 Å². The number of benzene rings is 2. The first-order valence-corrected chi connectivity index (χ1v) is 15.9. The largest absolute Gasteiger partial charge is 0.569 e. The minimum absolute atomic E-state index is 0.118. The molecule has 254 valence electrons. The lowest BCUT2D eigenvalue weighted by Crippen LogP contribution is -2.45. The quantitative estimate of drug-likeness (QED) is 0.0999. The van der Waals surface area contributed by atoms with E-state index in [0.29, 0.717) is 18.4 Å². The van der Waals surface area contributed by atoms with Crippen molar-refractivity contribution < 1.29 is 50.5 Å². The molecule has 1 amide bonds. The number of esters is 1. The van der Waals surface area contributed by atoms with Crippen molar-refractivity contribution in [3.05, 3.63) is 71.1 Å². The van der Waals surface area contributed by atoms with E-state index in [4.69, 9.17) is 14.3 Å². The van der Waals surface area contributed by atoms with Crippen molar-refractivity contribution in [3.8, 4) is 16.9 Å². The molecule has 1 aliphatic rings. The van der Waals surface area contributed by atoms with Crippen molar-refractivity contribution in [3.63, 3.8) is 0 Å². The minimum Gasteiger partial charge on any atom is -0.569 e. The number of carbonyl (C=O) groups excluding carboxylic acids is 2. The van der Waals surface area contributed by atoms with Crippen LogP contribution in [0.25, 0.3) is 16.9 Å². The van der Waals surface area contributed by atoms with Gasteiger partial charge in [0.1, 0.15) is 12.6 Å². The van der Waals surface area contributed by atoms with Crippen LogP contribution in [-0.4, -0.2) is 65.7 Å². The van der Waals surface area contributed by atoms with Crippen LogP contribution in [0.3, 0.4) is 0 Å². The van der Waals surface area contributed by atoms with E-state index in [1.165, 1.54) is 19.1 Å². The Morgan fingerprint density at radius 3 is 2.38 bits per heavy atom. The fraction of sp³-hybridized carbons (Fsp3) is 0.414. The first kappa shape index (κ1) is 35.0. The monoisotopic (exact) mass is 682 g/mol. The molecule has 47 heavy (non-hydrogen) atoms. The van der Waals surface area contributed by atoms with Gasteiger partial charge in [-0.25, -0.2) is 22.6 Å². The summed E-state index contributed by atoms with van der Waals surface area (Å²) in [5.41, 5.74) is 0.519. The first-order chi connectivity index (χ1) is 22.0. The Morgan fingerprint density at radius 1 is 1.11 bits per heavy atom. The van der Waals surface area contributed by atoms with E-state index < -0.39 is 52.3 Å². The number of hydrogen-bond donors (Lipinski definition) is 1. The Kier molecular flexibility index (Phi) is 10.6. The second-order valence-electron chi connectivity index (χ2n) is 11.0. The predicted molar refractivity (Wildman–Crippen MR) is 158 cm³/mol. The summed E-state index contributed by atoms with van der Waals surface area (Å²) in [5.74, 6) is -0.952. The molecule has 2 unspecified atom stereocenters. The lowest BCUT2D eigenvalue weighted by atomic mass is 10.1. The molecule has 1 aliphatic heterocycles. The Bertz CT molecular complexity index is 1710. The molecular weight excluding hydrogens is 649 g/mol. The zero-order valence-electron chi connectivity index (χ0n) is 25.8. The van der Waals surface area contributed by atoms with Gasteiger partial charge in [-0.3, -0.25) is 9.63 Å². The molecule has 1 fully saturated rings. The Hall–Kier alpha value is -4.87. The maximum atomic E-state index is 13.5. The highest BCUT2D eigenvalue weighted by atomic mass is 32.2. The van der Waals surface area contributed by atoms with Gasteiger partial charge in [-0.15, -0.1) is 5.01 Å². The Morgan fingerprint density at radius 2 is 1.77 bits per heavy atom. The van der Waals surface area contributed by atoms with E-state index >= 15 is 0 Å². The van der Waals surface area contributed by atoms with Crippen LogP contribution >= 0.6 is 0 Å². The maximum absolute atomic E-state index is 13.5. The van der Waals surface area contributed by atoms with Gasteiger partial charge in [0.15, 0.2) is 5.69 Å². The highest BCUT2D eigenvalue weighted by Gasteiger charge is 2.35. The summed E-state index contributed by atoms with van der Waals surface area (Å²) in [6.07, 6.45) is -7.31. The summed E-state index contributed by atoms with van der Waals surface area (Å²) in [7, 11) is -4.46. The van der Waals surface area contributed by atoms with Crippen molar-refractivity contribution in [1.29, 1.82) is 0 Å². The summed E-state index contributed by atoms with van der Waals surface area (Å²) in [6, 6.07) is 12.4. The highest BCUT2D eigenvalue weighted by molar-refractivity contribution is 7.90. The van der Waals surface area contributed by atoms with Crippen molar-refractivity contribution in [2.45, 2.75) is 64.0 Å². The molecule has 1 aromatic heterocycles. The second-order valence-corrected chi connectivity index (χ2v) is 12.7.